The quantitative estimate of drug-likeness (QED) is 0.812. The molecule has 0 aliphatic rings. The lowest BCUT2D eigenvalue weighted by molar-refractivity contribution is 0.0915. The van der Waals surface area contributed by atoms with E-state index in [0.29, 0.717) is 29.9 Å². The highest BCUT2D eigenvalue weighted by Gasteiger charge is 2.26. The largest absolute Gasteiger partial charge is 0.497 e. The summed E-state index contributed by atoms with van der Waals surface area (Å²) in [6.45, 7) is 3.91. The first-order valence-electron chi connectivity index (χ1n) is 6.57. The lowest BCUT2D eigenvalue weighted by atomic mass is 9.93. The normalized spacial score (nSPS) is 10.6. The number of hydrogen-bond donors (Lipinski definition) is 1. The third-order valence-electron chi connectivity index (χ3n) is 3.45. The van der Waals surface area contributed by atoms with E-state index in [0.717, 1.165) is 0 Å². The topological polar surface area (TPSA) is 47.6 Å². The van der Waals surface area contributed by atoms with Crippen molar-refractivity contribution in [2.24, 2.45) is 0 Å². The summed E-state index contributed by atoms with van der Waals surface area (Å²) < 4.78 is 10.3. The second-order valence-electron chi connectivity index (χ2n) is 4.49. The van der Waals surface area contributed by atoms with Gasteiger partial charge in [0.15, 0.2) is 0 Å². The second kappa shape index (κ2) is 6.85. The Labute approximate surface area is 120 Å². The number of methoxy groups -OCH3 is 2. The number of rotatable bonds is 6. The zero-order valence-electron chi connectivity index (χ0n) is 12.4. The van der Waals surface area contributed by atoms with Crippen molar-refractivity contribution in [1.82, 2.24) is 5.32 Å². The Balaban J connectivity index is 3.06. The standard InChI is InChI=1S/C16H21NO3/c1-6-16(7-2,8-3)17-15(18)12-9-13(19-4)11-14(10-12)20-5/h1,9-11H,7-8H2,2-5H3,(H,17,18). The van der Waals surface area contributed by atoms with E-state index < -0.39 is 5.54 Å². The van der Waals surface area contributed by atoms with Gasteiger partial charge in [0.1, 0.15) is 17.0 Å². The molecule has 0 atom stereocenters. The van der Waals surface area contributed by atoms with Crippen LogP contribution in [0.3, 0.4) is 0 Å². The minimum Gasteiger partial charge on any atom is -0.497 e. The van der Waals surface area contributed by atoms with Crippen molar-refractivity contribution in [3.8, 4) is 23.8 Å². The summed E-state index contributed by atoms with van der Waals surface area (Å²) in [7, 11) is 3.08. The van der Waals surface area contributed by atoms with Gasteiger partial charge in [-0.05, 0) is 25.0 Å². The van der Waals surface area contributed by atoms with Crippen LogP contribution in [-0.4, -0.2) is 25.7 Å². The first-order chi connectivity index (χ1) is 9.53. The summed E-state index contributed by atoms with van der Waals surface area (Å²) in [5, 5.41) is 2.91. The maximum atomic E-state index is 12.4. The van der Waals surface area contributed by atoms with E-state index in [9.17, 15) is 4.79 Å². The Hall–Kier alpha value is -2.15. The Morgan fingerprint density at radius 1 is 1.20 bits per heavy atom. The van der Waals surface area contributed by atoms with Gasteiger partial charge in [-0.1, -0.05) is 19.8 Å². The highest BCUT2D eigenvalue weighted by atomic mass is 16.5. The van der Waals surface area contributed by atoms with Gasteiger partial charge in [0.25, 0.3) is 5.91 Å². The number of hydrogen-bond acceptors (Lipinski definition) is 3. The first-order valence-corrected chi connectivity index (χ1v) is 6.57. The van der Waals surface area contributed by atoms with Gasteiger partial charge in [0.05, 0.1) is 14.2 Å². The Kier molecular flexibility index (Phi) is 5.45. The summed E-state index contributed by atoms with van der Waals surface area (Å²) >= 11 is 0. The SMILES string of the molecule is C#CC(CC)(CC)NC(=O)c1cc(OC)cc(OC)c1. The third kappa shape index (κ3) is 3.45. The molecule has 1 N–H and O–H groups in total. The monoisotopic (exact) mass is 275 g/mol. The van der Waals surface area contributed by atoms with Crippen LogP contribution in [0.4, 0.5) is 0 Å². The van der Waals surface area contributed by atoms with Crippen LogP contribution in [0.1, 0.15) is 37.0 Å². The van der Waals surface area contributed by atoms with Gasteiger partial charge in [-0.25, -0.2) is 0 Å². The average Bonchev–Trinajstić information content (AvgIpc) is 2.51. The molecule has 1 aromatic rings. The lowest BCUT2D eigenvalue weighted by Crippen LogP contribution is -2.46. The van der Waals surface area contributed by atoms with E-state index >= 15 is 0 Å². The molecule has 0 aliphatic heterocycles. The van der Waals surface area contributed by atoms with Crippen LogP contribution in [0.2, 0.25) is 0 Å². The van der Waals surface area contributed by atoms with E-state index in [2.05, 4.69) is 11.2 Å². The van der Waals surface area contributed by atoms with Gasteiger partial charge in [0.2, 0.25) is 0 Å². The highest BCUT2D eigenvalue weighted by Crippen LogP contribution is 2.23. The molecule has 0 unspecified atom stereocenters. The number of carbonyl (C=O) groups is 1. The molecule has 0 aromatic heterocycles. The molecule has 1 rings (SSSR count). The molecule has 0 bridgehead atoms. The molecular weight excluding hydrogens is 254 g/mol. The van der Waals surface area contributed by atoms with Crippen LogP contribution < -0.4 is 14.8 Å². The van der Waals surface area contributed by atoms with E-state index in [1.165, 1.54) is 0 Å². The van der Waals surface area contributed by atoms with Gasteiger partial charge < -0.3 is 14.8 Å². The molecule has 0 heterocycles. The molecule has 20 heavy (non-hydrogen) atoms. The molecule has 0 fully saturated rings. The number of benzene rings is 1. The summed E-state index contributed by atoms with van der Waals surface area (Å²) in [5.74, 6) is 3.57. The summed E-state index contributed by atoms with van der Waals surface area (Å²) in [6.07, 6.45) is 6.90. The van der Waals surface area contributed by atoms with Crippen molar-refractivity contribution in [3.05, 3.63) is 23.8 Å². The fraction of sp³-hybridized carbons (Fsp3) is 0.438. The van der Waals surface area contributed by atoms with Crippen LogP contribution in [0.5, 0.6) is 11.5 Å². The number of nitrogens with one attached hydrogen (secondary N) is 1. The molecule has 0 spiro atoms. The molecule has 1 amide bonds. The first kappa shape index (κ1) is 15.9. The van der Waals surface area contributed by atoms with Crippen LogP contribution >= 0.6 is 0 Å². The smallest absolute Gasteiger partial charge is 0.252 e. The fourth-order valence-corrected chi connectivity index (χ4v) is 1.90. The van der Waals surface area contributed by atoms with Crippen LogP contribution in [0.15, 0.2) is 18.2 Å². The Morgan fingerprint density at radius 3 is 2.05 bits per heavy atom. The summed E-state index contributed by atoms with van der Waals surface area (Å²) in [5.41, 5.74) is -0.157. The number of terminal acetylenes is 1. The molecule has 4 heteroatoms. The molecule has 0 saturated heterocycles. The minimum atomic E-state index is -0.618. The Bertz CT molecular complexity index is 491. The molecule has 0 aliphatic carbocycles. The van der Waals surface area contributed by atoms with Crippen molar-refractivity contribution >= 4 is 5.91 Å². The molecule has 108 valence electrons. The van der Waals surface area contributed by atoms with Crippen LogP contribution in [0.25, 0.3) is 0 Å². The minimum absolute atomic E-state index is 0.233. The predicted molar refractivity (Wildman–Crippen MR) is 79.2 cm³/mol. The maximum Gasteiger partial charge on any atom is 0.252 e. The van der Waals surface area contributed by atoms with E-state index in [-0.39, 0.29) is 5.91 Å². The van der Waals surface area contributed by atoms with E-state index in [4.69, 9.17) is 15.9 Å². The number of carbonyl (C=O) groups excluding carboxylic acids is 1. The summed E-state index contributed by atoms with van der Waals surface area (Å²) in [4.78, 5) is 12.4. The number of ether oxygens (including phenoxy) is 2. The van der Waals surface area contributed by atoms with Crippen molar-refractivity contribution in [1.29, 1.82) is 0 Å². The Morgan fingerprint density at radius 2 is 1.70 bits per heavy atom. The number of amides is 1. The molecular formula is C16H21NO3. The van der Waals surface area contributed by atoms with E-state index in [1.807, 2.05) is 13.8 Å². The van der Waals surface area contributed by atoms with Gasteiger partial charge in [-0.3, -0.25) is 4.79 Å². The zero-order valence-corrected chi connectivity index (χ0v) is 12.4. The van der Waals surface area contributed by atoms with Crippen molar-refractivity contribution in [2.45, 2.75) is 32.2 Å². The summed E-state index contributed by atoms with van der Waals surface area (Å²) in [6, 6.07) is 5.03. The maximum absolute atomic E-state index is 12.4. The zero-order chi connectivity index (χ0) is 15.2. The molecule has 4 nitrogen and oxygen atoms in total. The van der Waals surface area contributed by atoms with E-state index in [1.54, 1.807) is 32.4 Å². The van der Waals surface area contributed by atoms with Gasteiger partial charge >= 0.3 is 0 Å². The van der Waals surface area contributed by atoms with Gasteiger partial charge in [-0.15, -0.1) is 6.42 Å². The highest BCUT2D eigenvalue weighted by molar-refractivity contribution is 5.95. The van der Waals surface area contributed by atoms with Gasteiger partial charge in [-0.2, -0.15) is 0 Å². The van der Waals surface area contributed by atoms with Crippen molar-refractivity contribution < 1.29 is 14.3 Å². The fourth-order valence-electron chi connectivity index (χ4n) is 1.90. The van der Waals surface area contributed by atoms with Crippen LogP contribution in [0, 0.1) is 12.3 Å². The second-order valence-corrected chi connectivity index (χ2v) is 4.49. The third-order valence-corrected chi connectivity index (χ3v) is 3.45. The van der Waals surface area contributed by atoms with Gasteiger partial charge in [0, 0.05) is 11.6 Å². The lowest BCUT2D eigenvalue weighted by Gasteiger charge is -2.27. The average molecular weight is 275 g/mol. The molecule has 0 radical (unpaired) electrons. The molecule has 1 aromatic carbocycles. The van der Waals surface area contributed by atoms with Crippen LogP contribution in [-0.2, 0) is 0 Å². The molecule has 0 saturated carbocycles. The van der Waals surface area contributed by atoms with Crippen molar-refractivity contribution in [3.63, 3.8) is 0 Å². The predicted octanol–water partition coefficient (Wildman–Crippen LogP) is 2.63. The van der Waals surface area contributed by atoms with Crippen molar-refractivity contribution in [2.75, 3.05) is 14.2 Å².